The fraction of sp³-hybridized carbons (Fsp3) is 0.357. The molecule has 0 radical (unpaired) electrons. The van der Waals surface area contributed by atoms with E-state index in [4.69, 9.17) is 28.9 Å². The number of hydrogen-bond acceptors (Lipinski definition) is 3. The largest absolute Gasteiger partial charge is 0.375 e. The van der Waals surface area contributed by atoms with E-state index in [1.807, 2.05) is 12.1 Å². The Morgan fingerprint density at radius 1 is 1.26 bits per heavy atom. The summed E-state index contributed by atoms with van der Waals surface area (Å²) in [7, 11) is 0. The van der Waals surface area contributed by atoms with Crippen LogP contribution in [0, 0.1) is 0 Å². The third-order valence-corrected chi connectivity index (χ3v) is 4.55. The van der Waals surface area contributed by atoms with Gasteiger partial charge in [0.05, 0.1) is 15.7 Å². The Morgan fingerprint density at radius 3 is 2.58 bits per heavy atom. The molecule has 2 N–H and O–H groups in total. The van der Waals surface area contributed by atoms with Crippen molar-refractivity contribution in [1.82, 2.24) is 4.98 Å². The molecule has 0 saturated heterocycles. The molecule has 1 aromatic heterocycles. The first-order valence-corrected chi connectivity index (χ1v) is 7.55. The molecule has 5 heteroatoms. The minimum absolute atomic E-state index is 0.0332. The van der Waals surface area contributed by atoms with Crippen molar-refractivity contribution in [3.63, 3.8) is 0 Å². The Hall–Kier alpha value is -0.770. The van der Waals surface area contributed by atoms with Crippen LogP contribution in [-0.4, -0.2) is 4.98 Å². The van der Waals surface area contributed by atoms with Crippen molar-refractivity contribution in [1.29, 1.82) is 0 Å². The second-order valence-corrected chi connectivity index (χ2v) is 7.36. The highest BCUT2D eigenvalue weighted by Crippen LogP contribution is 2.35. The van der Waals surface area contributed by atoms with Gasteiger partial charge in [-0.1, -0.05) is 56.1 Å². The Bertz CT molecular complexity index is 600. The van der Waals surface area contributed by atoms with E-state index >= 15 is 0 Å². The van der Waals surface area contributed by atoms with Gasteiger partial charge in [0.15, 0.2) is 5.13 Å². The van der Waals surface area contributed by atoms with E-state index in [0.717, 1.165) is 16.1 Å². The van der Waals surface area contributed by atoms with Crippen LogP contribution < -0.4 is 5.73 Å². The van der Waals surface area contributed by atoms with E-state index < -0.39 is 0 Å². The first-order chi connectivity index (χ1) is 8.79. The molecule has 0 atom stereocenters. The van der Waals surface area contributed by atoms with Crippen molar-refractivity contribution >= 4 is 39.7 Å². The highest BCUT2D eigenvalue weighted by molar-refractivity contribution is 7.15. The lowest BCUT2D eigenvalue weighted by atomic mass is 9.90. The SMILES string of the molecule is CC(C)(C)c1nc(N)sc1Cc1cccc(Cl)c1Cl. The number of thiazole rings is 1. The van der Waals surface area contributed by atoms with Crippen LogP contribution in [0.2, 0.25) is 10.0 Å². The molecule has 0 spiro atoms. The fourth-order valence-electron chi connectivity index (χ4n) is 1.93. The Morgan fingerprint density at radius 2 is 1.95 bits per heavy atom. The second-order valence-electron chi connectivity index (χ2n) is 5.46. The van der Waals surface area contributed by atoms with Crippen LogP contribution in [0.1, 0.15) is 36.9 Å². The lowest BCUT2D eigenvalue weighted by molar-refractivity contribution is 0.568. The first kappa shape index (κ1) is 14.6. The molecule has 1 aromatic carbocycles. The number of rotatable bonds is 2. The van der Waals surface area contributed by atoms with Crippen LogP contribution in [0.3, 0.4) is 0 Å². The molecule has 2 aromatic rings. The van der Waals surface area contributed by atoms with Crippen molar-refractivity contribution in [2.75, 3.05) is 5.73 Å². The second kappa shape index (κ2) is 5.31. The summed E-state index contributed by atoms with van der Waals surface area (Å²) in [6, 6.07) is 5.68. The molecule has 0 aliphatic heterocycles. The lowest BCUT2D eigenvalue weighted by Gasteiger charge is -2.17. The fourth-order valence-corrected chi connectivity index (χ4v) is 3.39. The van der Waals surface area contributed by atoms with Crippen LogP contribution >= 0.6 is 34.5 Å². The maximum Gasteiger partial charge on any atom is 0.180 e. The number of nitrogens with two attached hydrogens (primary N) is 1. The van der Waals surface area contributed by atoms with Gasteiger partial charge in [0.1, 0.15) is 0 Å². The molecule has 0 fully saturated rings. The zero-order valence-electron chi connectivity index (χ0n) is 11.1. The van der Waals surface area contributed by atoms with Gasteiger partial charge in [0.2, 0.25) is 0 Å². The van der Waals surface area contributed by atoms with Gasteiger partial charge < -0.3 is 5.73 Å². The topological polar surface area (TPSA) is 38.9 Å². The summed E-state index contributed by atoms with van der Waals surface area (Å²) in [6.45, 7) is 6.39. The van der Waals surface area contributed by atoms with Crippen molar-refractivity contribution in [2.45, 2.75) is 32.6 Å². The zero-order chi connectivity index (χ0) is 14.2. The van der Waals surface area contributed by atoms with Crippen molar-refractivity contribution in [3.05, 3.63) is 44.4 Å². The summed E-state index contributed by atoms with van der Waals surface area (Å²) in [4.78, 5) is 5.60. The molecule has 0 amide bonds. The van der Waals surface area contributed by atoms with Crippen LogP contribution in [0.4, 0.5) is 5.13 Å². The van der Waals surface area contributed by atoms with E-state index in [0.29, 0.717) is 21.6 Å². The Labute approximate surface area is 127 Å². The molecule has 0 aliphatic carbocycles. The zero-order valence-corrected chi connectivity index (χ0v) is 13.5. The van der Waals surface area contributed by atoms with Crippen molar-refractivity contribution in [2.24, 2.45) is 0 Å². The maximum absolute atomic E-state index is 6.24. The van der Waals surface area contributed by atoms with Gasteiger partial charge in [-0.3, -0.25) is 0 Å². The van der Waals surface area contributed by atoms with Gasteiger partial charge in [-0.15, -0.1) is 11.3 Å². The third kappa shape index (κ3) is 3.22. The van der Waals surface area contributed by atoms with Crippen LogP contribution in [-0.2, 0) is 11.8 Å². The number of benzene rings is 1. The summed E-state index contributed by atoms with van der Waals surface area (Å²) in [5.74, 6) is 0. The van der Waals surface area contributed by atoms with Gasteiger partial charge >= 0.3 is 0 Å². The van der Waals surface area contributed by atoms with Crippen LogP contribution in [0.25, 0.3) is 0 Å². The van der Waals surface area contributed by atoms with Crippen molar-refractivity contribution in [3.8, 4) is 0 Å². The Kier molecular flexibility index (Phi) is 4.09. The van der Waals surface area contributed by atoms with E-state index in [2.05, 4.69) is 25.8 Å². The molecule has 1 heterocycles. The first-order valence-electron chi connectivity index (χ1n) is 5.97. The third-order valence-electron chi connectivity index (χ3n) is 2.81. The average molecular weight is 315 g/mol. The van der Waals surface area contributed by atoms with Gasteiger partial charge in [-0.2, -0.15) is 0 Å². The lowest BCUT2D eigenvalue weighted by Crippen LogP contribution is -2.14. The highest BCUT2D eigenvalue weighted by Gasteiger charge is 2.23. The molecule has 0 aliphatic rings. The predicted octanol–water partition coefficient (Wildman–Crippen LogP) is 4.92. The summed E-state index contributed by atoms with van der Waals surface area (Å²) < 4.78 is 0. The van der Waals surface area contributed by atoms with E-state index in [1.54, 1.807) is 6.07 Å². The van der Waals surface area contributed by atoms with E-state index in [-0.39, 0.29) is 5.41 Å². The molecule has 19 heavy (non-hydrogen) atoms. The molecule has 102 valence electrons. The summed E-state index contributed by atoms with van der Waals surface area (Å²) >= 11 is 13.8. The number of hydrogen-bond donors (Lipinski definition) is 1. The summed E-state index contributed by atoms with van der Waals surface area (Å²) in [6.07, 6.45) is 0.709. The highest BCUT2D eigenvalue weighted by atomic mass is 35.5. The minimum atomic E-state index is -0.0332. The molecule has 2 nitrogen and oxygen atoms in total. The van der Waals surface area contributed by atoms with Crippen LogP contribution in [0.5, 0.6) is 0 Å². The number of anilines is 1. The Balaban J connectivity index is 2.41. The van der Waals surface area contributed by atoms with Gasteiger partial charge in [0, 0.05) is 16.7 Å². The number of aromatic nitrogens is 1. The summed E-state index contributed by atoms with van der Waals surface area (Å²) in [5.41, 5.74) is 7.85. The smallest absolute Gasteiger partial charge is 0.180 e. The minimum Gasteiger partial charge on any atom is -0.375 e. The molecular formula is C14H16Cl2N2S. The standard InChI is InChI=1S/C14H16Cl2N2S/c1-14(2,3)12-10(19-13(17)18-12)7-8-5-4-6-9(15)11(8)16/h4-6H,7H2,1-3H3,(H2,17,18). The van der Waals surface area contributed by atoms with Gasteiger partial charge in [-0.05, 0) is 11.6 Å². The number of nitrogen functional groups attached to an aromatic ring is 1. The molecule has 0 saturated carbocycles. The summed E-state index contributed by atoms with van der Waals surface area (Å²) in [5, 5.41) is 1.78. The quantitative estimate of drug-likeness (QED) is 0.854. The number of nitrogens with zero attached hydrogens (tertiary/aromatic N) is 1. The predicted molar refractivity (Wildman–Crippen MR) is 84.5 cm³/mol. The molecule has 2 rings (SSSR count). The molecule has 0 unspecified atom stereocenters. The van der Waals surface area contributed by atoms with Gasteiger partial charge in [-0.25, -0.2) is 4.98 Å². The maximum atomic E-state index is 6.24. The van der Waals surface area contributed by atoms with Crippen molar-refractivity contribution < 1.29 is 0 Å². The normalized spacial score (nSPS) is 11.8. The average Bonchev–Trinajstić information content (AvgIpc) is 2.66. The van der Waals surface area contributed by atoms with E-state index in [9.17, 15) is 0 Å². The van der Waals surface area contributed by atoms with Gasteiger partial charge in [0.25, 0.3) is 0 Å². The molecule has 0 bridgehead atoms. The van der Waals surface area contributed by atoms with Crippen LogP contribution in [0.15, 0.2) is 18.2 Å². The number of halogens is 2. The molecular weight excluding hydrogens is 299 g/mol. The monoisotopic (exact) mass is 314 g/mol. The van der Waals surface area contributed by atoms with E-state index in [1.165, 1.54) is 11.3 Å².